The lowest BCUT2D eigenvalue weighted by Crippen LogP contribution is -2.42. The summed E-state index contributed by atoms with van der Waals surface area (Å²) in [5.41, 5.74) is 1.01. The Hall–Kier alpha value is -2.09. The number of carbonyl (C=O) groups excluding carboxylic acids is 2. The summed E-state index contributed by atoms with van der Waals surface area (Å²) in [5.74, 6) is -1.14. The first-order chi connectivity index (χ1) is 10.8. The van der Waals surface area contributed by atoms with E-state index in [4.69, 9.17) is 0 Å². The average Bonchev–Trinajstić information content (AvgIpc) is 2.84. The molecule has 0 bridgehead atoms. The summed E-state index contributed by atoms with van der Waals surface area (Å²) in [6, 6.07) is 4.34. The molecule has 8 heteroatoms. The molecule has 7 nitrogen and oxygen atoms in total. The lowest BCUT2D eigenvalue weighted by Gasteiger charge is -2.12. The van der Waals surface area contributed by atoms with E-state index in [1.54, 1.807) is 12.1 Å². The van der Waals surface area contributed by atoms with Gasteiger partial charge in [-0.05, 0) is 30.5 Å². The van der Waals surface area contributed by atoms with Gasteiger partial charge in [0.15, 0.2) is 9.84 Å². The molecule has 0 unspecified atom stereocenters. The smallest absolute Gasteiger partial charge is 0.255 e. The summed E-state index contributed by atoms with van der Waals surface area (Å²) < 4.78 is 22.6. The molecule has 23 heavy (non-hydrogen) atoms. The van der Waals surface area contributed by atoms with E-state index in [1.807, 2.05) is 6.92 Å². The summed E-state index contributed by atoms with van der Waals surface area (Å²) in [5, 5.41) is 14.7. The number of aromatic hydroxyl groups is 1. The van der Waals surface area contributed by atoms with Crippen LogP contribution in [-0.4, -0.2) is 49.4 Å². The quantitative estimate of drug-likeness (QED) is 0.698. The maximum Gasteiger partial charge on any atom is 0.255 e. The van der Waals surface area contributed by atoms with Crippen LogP contribution in [0.25, 0.3) is 0 Å². The van der Waals surface area contributed by atoms with E-state index in [1.165, 1.54) is 6.07 Å². The fraction of sp³-hybridized carbons (Fsp3) is 0.467. The maximum atomic E-state index is 12.0. The zero-order valence-electron chi connectivity index (χ0n) is 12.8. The highest BCUT2D eigenvalue weighted by Crippen LogP contribution is 2.18. The third kappa shape index (κ3) is 4.69. The Balaban J connectivity index is 1.88. The lowest BCUT2D eigenvalue weighted by atomic mass is 10.1. The molecule has 0 aliphatic carbocycles. The molecule has 126 valence electrons. The zero-order valence-corrected chi connectivity index (χ0v) is 13.6. The number of hydrogen-bond donors (Lipinski definition) is 3. The number of aryl methyl sites for hydroxylation is 1. The fourth-order valence-corrected chi connectivity index (χ4v) is 4.10. The number of hydrogen-bond acceptors (Lipinski definition) is 5. The summed E-state index contributed by atoms with van der Waals surface area (Å²) in [6.07, 6.45) is 1.11. The van der Waals surface area contributed by atoms with Crippen molar-refractivity contribution in [2.45, 2.75) is 25.8 Å². The van der Waals surface area contributed by atoms with Gasteiger partial charge < -0.3 is 15.7 Å². The summed E-state index contributed by atoms with van der Waals surface area (Å²) in [4.78, 5) is 23.8. The van der Waals surface area contributed by atoms with Gasteiger partial charge in [0.25, 0.3) is 5.91 Å². The van der Waals surface area contributed by atoms with Crippen molar-refractivity contribution in [1.82, 2.24) is 10.6 Å². The van der Waals surface area contributed by atoms with E-state index >= 15 is 0 Å². The van der Waals surface area contributed by atoms with Gasteiger partial charge >= 0.3 is 0 Å². The minimum atomic E-state index is -3.06. The topological polar surface area (TPSA) is 113 Å². The monoisotopic (exact) mass is 340 g/mol. The van der Waals surface area contributed by atoms with Crippen molar-refractivity contribution < 1.29 is 23.1 Å². The van der Waals surface area contributed by atoms with Crippen molar-refractivity contribution in [2.24, 2.45) is 0 Å². The first-order valence-electron chi connectivity index (χ1n) is 7.40. The molecule has 1 aliphatic heterocycles. The van der Waals surface area contributed by atoms with Crippen LogP contribution in [0.1, 0.15) is 29.3 Å². The van der Waals surface area contributed by atoms with Gasteiger partial charge in [-0.1, -0.05) is 13.0 Å². The van der Waals surface area contributed by atoms with Crippen LogP contribution in [0.5, 0.6) is 5.75 Å². The number of nitrogens with one attached hydrogen (secondary N) is 2. The molecule has 3 N–H and O–H groups in total. The predicted octanol–water partition coefficient (Wildman–Crippen LogP) is -0.0123. The number of benzene rings is 1. The van der Waals surface area contributed by atoms with Crippen molar-refractivity contribution >= 4 is 21.7 Å². The molecule has 1 aromatic rings. The minimum Gasteiger partial charge on any atom is -0.507 e. The molecule has 0 spiro atoms. The maximum absolute atomic E-state index is 12.0. The Bertz CT molecular complexity index is 715. The van der Waals surface area contributed by atoms with Gasteiger partial charge in [0.1, 0.15) is 5.75 Å². The molecule has 0 aromatic heterocycles. The van der Waals surface area contributed by atoms with Gasteiger partial charge in [0.05, 0.1) is 23.6 Å². The summed E-state index contributed by atoms with van der Waals surface area (Å²) in [7, 11) is -3.06. The van der Waals surface area contributed by atoms with Crippen LogP contribution >= 0.6 is 0 Å². The predicted molar refractivity (Wildman–Crippen MR) is 85.0 cm³/mol. The molecule has 2 amide bonds. The van der Waals surface area contributed by atoms with Crippen LogP contribution in [0.4, 0.5) is 0 Å². The number of phenolic OH excluding ortho intramolecular Hbond substituents is 1. The molecule has 1 aliphatic rings. The molecule has 1 heterocycles. The third-order valence-electron chi connectivity index (χ3n) is 3.72. The van der Waals surface area contributed by atoms with Gasteiger partial charge in [-0.3, -0.25) is 9.59 Å². The number of sulfone groups is 1. The molecule has 1 aromatic carbocycles. The van der Waals surface area contributed by atoms with Crippen LogP contribution < -0.4 is 10.6 Å². The number of carbonyl (C=O) groups is 2. The highest BCUT2D eigenvalue weighted by molar-refractivity contribution is 7.91. The van der Waals surface area contributed by atoms with Crippen molar-refractivity contribution in [2.75, 3.05) is 18.1 Å². The van der Waals surface area contributed by atoms with E-state index in [0.29, 0.717) is 6.42 Å². The van der Waals surface area contributed by atoms with Crippen molar-refractivity contribution in [1.29, 1.82) is 0 Å². The molecule has 1 atom stereocenters. The largest absolute Gasteiger partial charge is 0.507 e. The first kappa shape index (κ1) is 17.3. The average molecular weight is 340 g/mol. The molecular weight excluding hydrogens is 320 g/mol. The Morgan fingerprint density at radius 2 is 2.09 bits per heavy atom. The van der Waals surface area contributed by atoms with Crippen molar-refractivity contribution in [3.8, 4) is 5.75 Å². The Morgan fingerprint density at radius 3 is 2.70 bits per heavy atom. The molecule has 0 radical (unpaired) electrons. The van der Waals surface area contributed by atoms with Gasteiger partial charge in [-0.15, -0.1) is 0 Å². The summed E-state index contributed by atoms with van der Waals surface area (Å²) in [6.45, 7) is 1.66. The van der Waals surface area contributed by atoms with E-state index in [0.717, 1.165) is 12.0 Å². The Morgan fingerprint density at radius 1 is 1.35 bits per heavy atom. The fourth-order valence-electron chi connectivity index (χ4n) is 2.43. The van der Waals surface area contributed by atoms with E-state index in [-0.39, 0.29) is 29.4 Å². The first-order valence-corrected chi connectivity index (χ1v) is 9.22. The van der Waals surface area contributed by atoms with E-state index in [2.05, 4.69) is 10.6 Å². The van der Waals surface area contributed by atoms with E-state index in [9.17, 15) is 23.1 Å². The number of phenols is 1. The van der Waals surface area contributed by atoms with Crippen LogP contribution in [0.3, 0.4) is 0 Å². The highest BCUT2D eigenvalue weighted by Gasteiger charge is 2.28. The van der Waals surface area contributed by atoms with E-state index < -0.39 is 27.7 Å². The minimum absolute atomic E-state index is 0.0635. The Kier molecular flexibility index (Phi) is 5.25. The van der Waals surface area contributed by atoms with Crippen LogP contribution in [-0.2, 0) is 21.1 Å². The SMILES string of the molecule is CCc1ccc(O)c(C(=O)NCC(=O)N[C@H]2CCS(=O)(=O)C2)c1. The molecular formula is C15H20N2O5S. The van der Waals surface area contributed by atoms with Crippen LogP contribution in [0.15, 0.2) is 18.2 Å². The molecule has 1 fully saturated rings. The molecule has 1 saturated heterocycles. The third-order valence-corrected chi connectivity index (χ3v) is 5.49. The van der Waals surface area contributed by atoms with Crippen LogP contribution in [0, 0.1) is 0 Å². The van der Waals surface area contributed by atoms with Gasteiger partial charge in [0, 0.05) is 6.04 Å². The second-order valence-corrected chi connectivity index (χ2v) is 7.78. The lowest BCUT2D eigenvalue weighted by molar-refractivity contribution is -0.120. The standard InChI is InChI=1S/C15H20N2O5S/c1-2-10-3-4-13(18)12(7-10)15(20)16-8-14(19)17-11-5-6-23(21,22)9-11/h3-4,7,11,18H,2,5-6,8-9H2,1H3,(H,16,20)(H,17,19)/t11-/m0/s1. The van der Waals surface area contributed by atoms with Crippen LogP contribution in [0.2, 0.25) is 0 Å². The molecule has 2 rings (SSSR count). The number of amides is 2. The van der Waals surface area contributed by atoms with Gasteiger partial charge in [-0.2, -0.15) is 0 Å². The second kappa shape index (κ2) is 6.99. The highest BCUT2D eigenvalue weighted by atomic mass is 32.2. The second-order valence-electron chi connectivity index (χ2n) is 5.56. The van der Waals surface area contributed by atoms with Gasteiger partial charge in [0.2, 0.25) is 5.91 Å². The summed E-state index contributed by atoms with van der Waals surface area (Å²) >= 11 is 0. The Labute approximate surface area is 135 Å². The van der Waals surface area contributed by atoms with Crippen molar-refractivity contribution in [3.63, 3.8) is 0 Å². The van der Waals surface area contributed by atoms with Crippen molar-refractivity contribution in [3.05, 3.63) is 29.3 Å². The normalized spacial score (nSPS) is 19.3. The zero-order chi connectivity index (χ0) is 17.0. The number of rotatable bonds is 5. The molecule has 0 saturated carbocycles. The van der Waals surface area contributed by atoms with Gasteiger partial charge in [-0.25, -0.2) is 8.42 Å².